The number of rotatable bonds is 5. The van der Waals surface area contributed by atoms with Crippen molar-refractivity contribution >= 4 is 11.9 Å². The molecule has 2 heterocycles. The topological polar surface area (TPSA) is 105 Å². The Balaban J connectivity index is 2.16. The number of allylic oxidation sites excluding steroid dienone is 1. The number of ether oxygens (including phenoxy) is 1. The summed E-state index contributed by atoms with van der Waals surface area (Å²) in [4.78, 5) is 27.5. The largest absolute Gasteiger partial charge is 0.466 e. The fourth-order valence-electron chi connectivity index (χ4n) is 3.18. The van der Waals surface area contributed by atoms with E-state index in [0.717, 1.165) is 0 Å². The summed E-state index contributed by atoms with van der Waals surface area (Å²) >= 11 is 0. The Morgan fingerprint density at radius 3 is 2.61 bits per heavy atom. The summed E-state index contributed by atoms with van der Waals surface area (Å²) in [6, 6.07) is 8.15. The molecule has 0 fully saturated rings. The molecular weight excluding hydrogens is 360 g/mol. The SMILES string of the molecule is COC(=O)C1=C(C)Nc2nn(CCN(C)C)c(=O)n2C1c1ccc(C#N)cc1. The van der Waals surface area contributed by atoms with Gasteiger partial charge in [-0.2, -0.15) is 5.26 Å². The summed E-state index contributed by atoms with van der Waals surface area (Å²) in [5, 5.41) is 16.5. The highest BCUT2D eigenvalue weighted by Crippen LogP contribution is 2.34. The number of fused-ring (bicyclic) bond motifs is 1. The molecule has 3 rings (SSSR count). The zero-order valence-corrected chi connectivity index (χ0v) is 16.3. The second-order valence-corrected chi connectivity index (χ2v) is 6.79. The molecule has 0 saturated heterocycles. The molecule has 1 N–H and O–H groups in total. The van der Waals surface area contributed by atoms with Crippen molar-refractivity contribution in [2.24, 2.45) is 0 Å². The van der Waals surface area contributed by atoms with Crippen molar-refractivity contribution < 1.29 is 9.53 Å². The molecule has 0 spiro atoms. The van der Waals surface area contributed by atoms with Gasteiger partial charge in [0, 0.05) is 12.2 Å². The Hall–Kier alpha value is -3.38. The maximum atomic E-state index is 13.1. The number of hydrogen-bond acceptors (Lipinski definition) is 7. The summed E-state index contributed by atoms with van der Waals surface area (Å²) in [7, 11) is 5.14. The van der Waals surface area contributed by atoms with Gasteiger partial charge in [-0.05, 0) is 38.7 Å². The van der Waals surface area contributed by atoms with Gasteiger partial charge in [-0.3, -0.25) is 0 Å². The second kappa shape index (κ2) is 7.70. The third-order valence-electron chi connectivity index (χ3n) is 4.63. The molecule has 9 nitrogen and oxygen atoms in total. The van der Waals surface area contributed by atoms with Crippen LogP contribution in [-0.4, -0.2) is 53.0 Å². The van der Waals surface area contributed by atoms with Crippen molar-refractivity contribution in [3.63, 3.8) is 0 Å². The first kappa shape index (κ1) is 19.4. The average molecular weight is 382 g/mol. The van der Waals surface area contributed by atoms with Crippen LogP contribution in [0, 0.1) is 11.3 Å². The van der Waals surface area contributed by atoms with E-state index in [9.17, 15) is 9.59 Å². The van der Waals surface area contributed by atoms with Crippen LogP contribution >= 0.6 is 0 Å². The quantitative estimate of drug-likeness (QED) is 0.767. The van der Waals surface area contributed by atoms with Gasteiger partial charge in [0.2, 0.25) is 5.95 Å². The maximum Gasteiger partial charge on any atom is 0.348 e. The number of aromatic nitrogens is 3. The second-order valence-electron chi connectivity index (χ2n) is 6.79. The summed E-state index contributed by atoms with van der Waals surface area (Å²) in [6.45, 7) is 2.81. The first-order chi connectivity index (χ1) is 13.4. The number of benzene rings is 1. The number of likely N-dealkylation sites (N-methyl/N-ethyl adjacent to an activating group) is 1. The smallest absolute Gasteiger partial charge is 0.348 e. The van der Waals surface area contributed by atoms with E-state index in [1.807, 2.05) is 19.0 Å². The van der Waals surface area contributed by atoms with E-state index in [1.165, 1.54) is 16.4 Å². The van der Waals surface area contributed by atoms with Crippen molar-refractivity contribution in [2.75, 3.05) is 33.1 Å². The van der Waals surface area contributed by atoms with Gasteiger partial charge in [0.05, 0.1) is 30.9 Å². The molecule has 146 valence electrons. The van der Waals surface area contributed by atoms with E-state index in [1.54, 1.807) is 31.2 Å². The van der Waals surface area contributed by atoms with Crippen molar-refractivity contribution in [1.82, 2.24) is 19.2 Å². The Morgan fingerprint density at radius 1 is 1.36 bits per heavy atom. The molecule has 1 unspecified atom stereocenters. The van der Waals surface area contributed by atoms with E-state index in [0.29, 0.717) is 41.4 Å². The van der Waals surface area contributed by atoms with Crippen molar-refractivity contribution in [2.45, 2.75) is 19.5 Å². The van der Waals surface area contributed by atoms with Crippen LogP contribution in [-0.2, 0) is 16.1 Å². The number of carbonyl (C=O) groups is 1. The number of esters is 1. The van der Waals surface area contributed by atoms with Gasteiger partial charge in [-0.15, -0.1) is 5.10 Å². The molecule has 1 aromatic heterocycles. The third kappa shape index (κ3) is 3.42. The van der Waals surface area contributed by atoms with Gasteiger partial charge < -0.3 is 15.0 Å². The highest BCUT2D eigenvalue weighted by atomic mass is 16.5. The number of carbonyl (C=O) groups excluding carboxylic acids is 1. The Morgan fingerprint density at radius 2 is 2.04 bits per heavy atom. The molecular formula is C19H22N6O3. The van der Waals surface area contributed by atoms with Gasteiger partial charge in [0.25, 0.3) is 0 Å². The molecule has 0 radical (unpaired) electrons. The minimum atomic E-state index is -0.697. The van der Waals surface area contributed by atoms with Crippen LogP contribution in [0.2, 0.25) is 0 Å². The van der Waals surface area contributed by atoms with E-state index in [-0.39, 0.29) is 5.69 Å². The zero-order chi connectivity index (χ0) is 20.4. The molecule has 1 aliphatic heterocycles. The normalized spacial score (nSPS) is 15.8. The maximum absolute atomic E-state index is 13.1. The fraction of sp³-hybridized carbons (Fsp3) is 0.368. The summed E-state index contributed by atoms with van der Waals surface area (Å²) in [5.74, 6) is -0.166. The van der Waals surface area contributed by atoms with Crippen LogP contribution in [0.3, 0.4) is 0 Å². The first-order valence-electron chi connectivity index (χ1n) is 8.77. The van der Waals surface area contributed by atoms with Crippen LogP contribution in [0.4, 0.5) is 5.95 Å². The van der Waals surface area contributed by atoms with Gasteiger partial charge in [-0.25, -0.2) is 18.8 Å². The molecule has 0 aliphatic carbocycles. The van der Waals surface area contributed by atoms with Gasteiger partial charge in [0.1, 0.15) is 6.04 Å². The lowest BCUT2D eigenvalue weighted by Crippen LogP contribution is -2.36. The zero-order valence-electron chi connectivity index (χ0n) is 16.3. The molecule has 2 aromatic rings. The molecule has 1 aliphatic rings. The predicted octanol–water partition coefficient (Wildman–Crippen LogP) is 0.940. The number of anilines is 1. The number of methoxy groups -OCH3 is 1. The molecule has 0 amide bonds. The molecule has 0 bridgehead atoms. The van der Waals surface area contributed by atoms with Crippen molar-refractivity contribution in [1.29, 1.82) is 5.26 Å². The Kier molecular flexibility index (Phi) is 5.33. The lowest BCUT2D eigenvalue weighted by atomic mass is 9.95. The van der Waals surface area contributed by atoms with E-state index < -0.39 is 12.0 Å². The van der Waals surface area contributed by atoms with Crippen LogP contribution < -0.4 is 11.0 Å². The minimum Gasteiger partial charge on any atom is -0.466 e. The molecule has 0 saturated carbocycles. The van der Waals surface area contributed by atoms with Gasteiger partial charge >= 0.3 is 11.7 Å². The highest BCUT2D eigenvalue weighted by Gasteiger charge is 2.35. The lowest BCUT2D eigenvalue weighted by molar-refractivity contribution is -0.136. The number of nitrogens with one attached hydrogen (secondary N) is 1. The van der Waals surface area contributed by atoms with E-state index in [4.69, 9.17) is 10.00 Å². The Bertz CT molecular complexity index is 1020. The van der Waals surface area contributed by atoms with Gasteiger partial charge in [-0.1, -0.05) is 12.1 Å². The lowest BCUT2D eigenvalue weighted by Gasteiger charge is -2.28. The van der Waals surface area contributed by atoms with Gasteiger partial charge in [0.15, 0.2) is 0 Å². The van der Waals surface area contributed by atoms with Crippen LogP contribution in [0.15, 0.2) is 40.3 Å². The Labute approximate surface area is 162 Å². The predicted molar refractivity (Wildman–Crippen MR) is 103 cm³/mol. The van der Waals surface area contributed by atoms with Crippen molar-refractivity contribution in [3.8, 4) is 6.07 Å². The molecule has 28 heavy (non-hydrogen) atoms. The number of nitriles is 1. The molecule has 1 atom stereocenters. The average Bonchev–Trinajstić information content (AvgIpc) is 3.00. The highest BCUT2D eigenvalue weighted by molar-refractivity contribution is 5.92. The van der Waals surface area contributed by atoms with Crippen LogP contribution in [0.1, 0.15) is 24.1 Å². The monoisotopic (exact) mass is 382 g/mol. The van der Waals surface area contributed by atoms with Crippen LogP contribution in [0.25, 0.3) is 0 Å². The summed E-state index contributed by atoms with van der Waals surface area (Å²) in [6.07, 6.45) is 0. The standard InChI is InChI=1S/C19H22N6O3/c1-12-15(17(26)28-4)16(14-7-5-13(11-20)6-8-14)25-18(21-12)22-24(19(25)27)10-9-23(2)3/h5-8,16H,9-10H2,1-4H3,(H,21,22). The molecule has 1 aromatic carbocycles. The summed E-state index contributed by atoms with van der Waals surface area (Å²) in [5.41, 5.74) is 1.75. The minimum absolute atomic E-state index is 0.326. The first-order valence-corrected chi connectivity index (χ1v) is 8.77. The third-order valence-corrected chi connectivity index (χ3v) is 4.63. The molecule has 9 heteroatoms. The fourth-order valence-corrected chi connectivity index (χ4v) is 3.18. The summed E-state index contributed by atoms with van der Waals surface area (Å²) < 4.78 is 7.80. The van der Waals surface area contributed by atoms with Crippen LogP contribution in [0.5, 0.6) is 0 Å². The van der Waals surface area contributed by atoms with Crippen molar-refractivity contribution in [3.05, 3.63) is 57.1 Å². The number of nitrogens with zero attached hydrogens (tertiary/aromatic N) is 5. The van der Waals surface area contributed by atoms with E-state index in [2.05, 4.69) is 16.5 Å². The van der Waals surface area contributed by atoms with E-state index >= 15 is 0 Å². The number of hydrogen-bond donors (Lipinski definition) is 1.